The number of hydrogen-bond donors (Lipinski definition) is 0. The van der Waals surface area contributed by atoms with Crippen LogP contribution in [0.1, 0.15) is 36.5 Å². The molecule has 0 N–H and O–H groups in total. The monoisotopic (exact) mass is 354 g/mol. The predicted octanol–water partition coefficient (Wildman–Crippen LogP) is 3.98. The molecule has 4 rings (SSSR count). The minimum absolute atomic E-state index is 0.503. The van der Waals surface area contributed by atoms with Crippen molar-refractivity contribution in [2.45, 2.75) is 32.4 Å². The van der Waals surface area contributed by atoms with Crippen molar-refractivity contribution in [1.82, 2.24) is 9.80 Å². The highest BCUT2D eigenvalue weighted by atomic mass is 16.5. The molecule has 0 amide bonds. The Morgan fingerprint density at radius 1 is 1.04 bits per heavy atom. The van der Waals surface area contributed by atoms with Crippen LogP contribution in [0.25, 0.3) is 0 Å². The molecule has 1 aromatic carbocycles. The Hall–Kier alpha value is -1.78. The van der Waals surface area contributed by atoms with Gasteiger partial charge in [-0.2, -0.15) is 0 Å². The molecule has 4 nitrogen and oxygen atoms in total. The van der Waals surface area contributed by atoms with Crippen LogP contribution >= 0.6 is 0 Å². The number of aryl methyl sites for hydroxylation is 1. The number of fused-ring (bicyclic) bond motifs is 1. The molecule has 0 unspecified atom stereocenters. The second kappa shape index (κ2) is 7.45. The van der Waals surface area contributed by atoms with Gasteiger partial charge >= 0.3 is 0 Å². The average Bonchev–Trinajstić information content (AvgIpc) is 3.30. The molecule has 26 heavy (non-hydrogen) atoms. The third-order valence-corrected chi connectivity index (χ3v) is 6.02. The predicted molar refractivity (Wildman–Crippen MR) is 103 cm³/mol. The molecule has 2 aliphatic heterocycles. The van der Waals surface area contributed by atoms with Gasteiger partial charge in [0.2, 0.25) is 0 Å². The zero-order valence-electron chi connectivity index (χ0n) is 16.1. The second-order valence-electron chi connectivity index (χ2n) is 7.89. The minimum atomic E-state index is 0.503. The lowest BCUT2D eigenvalue weighted by Crippen LogP contribution is -2.28. The second-order valence-corrected chi connectivity index (χ2v) is 7.89. The van der Waals surface area contributed by atoms with Crippen molar-refractivity contribution in [2.75, 3.05) is 33.8 Å². The molecule has 1 aromatic heterocycles. The molecule has 0 saturated carbocycles. The summed E-state index contributed by atoms with van der Waals surface area (Å²) in [5, 5.41) is 0. The van der Waals surface area contributed by atoms with E-state index in [9.17, 15) is 0 Å². The van der Waals surface area contributed by atoms with E-state index in [2.05, 4.69) is 60.2 Å². The number of hydrogen-bond acceptors (Lipinski definition) is 4. The van der Waals surface area contributed by atoms with E-state index < -0.39 is 0 Å². The molecule has 2 aliphatic rings. The van der Waals surface area contributed by atoms with Crippen LogP contribution in [0, 0.1) is 11.8 Å². The van der Waals surface area contributed by atoms with Gasteiger partial charge in [-0.15, -0.1) is 0 Å². The van der Waals surface area contributed by atoms with E-state index in [1.54, 1.807) is 7.11 Å². The Balaban J connectivity index is 1.43. The normalized spacial score (nSPS) is 26.3. The van der Waals surface area contributed by atoms with Crippen LogP contribution in [0.4, 0.5) is 0 Å². The van der Waals surface area contributed by atoms with E-state index in [1.807, 2.05) is 0 Å². The quantitative estimate of drug-likeness (QED) is 0.785. The fourth-order valence-corrected chi connectivity index (χ4v) is 4.89. The van der Waals surface area contributed by atoms with Crippen molar-refractivity contribution in [3.05, 3.63) is 53.5 Å². The van der Waals surface area contributed by atoms with Gasteiger partial charge in [0.1, 0.15) is 17.3 Å². The Kier molecular flexibility index (Phi) is 5.05. The lowest BCUT2D eigenvalue weighted by Gasteiger charge is -2.26. The Bertz CT molecular complexity index is 724. The van der Waals surface area contributed by atoms with Gasteiger partial charge in [-0.05, 0) is 55.1 Å². The molecule has 4 heteroatoms. The summed E-state index contributed by atoms with van der Waals surface area (Å²) in [5.41, 5.74) is 1.41. The number of methoxy groups -OCH3 is 1. The van der Waals surface area contributed by atoms with Crippen molar-refractivity contribution in [3.63, 3.8) is 0 Å². The highest BCUT2D eigenvalue weighted by molar-refractivity contribution is 5.30. The first-order valence-electron chi connectivity index (χ1n) is 9.82. The SMILES string of the molecule is CCCc1ccc(CN2C[C@@H]3CN(C)[C@@H](c4ccc(OC)cc4)[C@@H]3C2)o1. The van der Waals surface area contributed by atoms with Gasteiger partial charge < -0.3 is 9.15 Å². The first-order chi connectivity index (χ1) is 12.7. The van der Waals surface area contributed by atoms with Crippen molar-refractivity contribution >= 4 is 0 Å². The molecular weight excluding hydrogens is 324 g/mol. The van der Waals surface area contributed by atoms with E-state index >= 15 is 0 Å². The van der Waals surface area contributed by atoms with Gasteiger partial charge in [-0.1, -0.05) is 19.1 Å². The van der Waals surface area contributed by atoms with Gasteiger partial charge in [0.25, 0.3) is 0 Å². The van der Waals surface area contributed by atoms with E-state index in [4.69, 9.17) is 9.15 Å². The van der Waals surface area contributed by atoms with Crippen molar-refractivity contribution in [2.24, 2.45) is 11.8 Å². The summed E-state index contributed by atoms with van der Waals surface area (Å²) in [6, 6.07) is 13.4. The fourth-order valence-electron chi connectivity index (χ4n) is 4.89. The highest BCUT2D eigenvalue weighted by Crippen LogP contribution is 2.44. The lowest BCUT2D eigenvalue weighted by atomic mass is 9.89. The molecule has 2 fully saturated rings. The maximum atomic E-state index is 6.00. The lowest BCUT2D eigenvalue weighted by molar-refractivity contribution is 0.215. The third-order valence-electron chi connectivity index (χ3n) is 6.02. The summed E-state index contributed by atoms with van der Waals surface area (Å²) in [6.45, 7) is 6.63. The summed E-state index contributed by atoms with van der Waals surface area (Å²) >= 11 is 0. The van der Waals surface area contributed by atoms with E-state index in [1.165, 1.54) is 18.7 Å². The summed E-state index contributed by atoms with van der Waals surface area (Å²) in [7, 11) is 3.99. The van der Waals surface area contributed by atoms with E-state index in [0.717, 1.165) is 49.1 Å². The standard InChI is InChI=1S/C22H30N2O2/c1-4-5-19-10-11-20(26-19)14-24-13-17-12-23(2)22(21(17)15-24)16-6-8-18(25-3)9-7-16/h6-11,17,21-22H,4-5,12-15H2,1-3H3/t17-,21+,22-/m0/s1. The molecular formula is C22H30N2O2. The zero-order valence-corrected chi connectivity index (χ0v) is 16.1. The summed E-state index contributed by atoms with van der Waals surface area (Å²) in [5.74, 6) is 4.61. The first-order valence-corrected chi connectivity index (χ1v) is 9.82. The summed E-state index contributed by atoms with van der Waals surface area (Å²) in [6.07, 6.45) is 2.17. The van der Waals surface area contributed by atoms with Gasteiger partial charge in [-0.25, -0.2) is 0 Å². The van der Waals surface area contributed by atoms with Crippen LogP contribution in [0.3, 0.4) is 0 Å². The third kappa shape index (κ3) is 3.40. The molecule has 0 bridgehead atoms. The maximum absolute atomic E-state index is 6.00. The molecule has 2 saturated heterocycles. The Morgan fingerprint density at radius 3 is 2.54 bits per heavy atom. The molecule has 140 valence electrons. The van der Waals surface area contributed by atoms with E-state index in [-0.39, 0.29) is 0 Å². The van der Waals surface area contributed by atoms with Crippen LogP contribution in [0.5, 0.6) is 5.75 Å². The number of rotatable bonds is 6. The molecule has 0 spiro atoms. The van der Waals surface area contributed by atoms with Gasteiger partial charge in [0, 0.05) is 32.1 Å². The van der Waals surface area contributed by atoms with Crippen LogP contribution in [0.15, 0.2) is 40.8 Å². The maximum Gasteiger partial charge on any atom is 0.118 e. The van der Waals surface area contributed by atoms with Crippen LogP contribution < -0.4 is 4.74 Å². The molecule has 0 aliphatic carbocycles. The Labute approximate surface area is 156 Å². The van der Waals surface area contributed by atoms with Crippen molar-refractivity contribution < 1.29 is 9.15 Å². The van der Waals surface area contributed by atoms with Crippen LogP contribution in [-0.4, -0.2) is 43.6 Å². The molecule has 2 aromatic rings. The number of nitrogens with zero attached hydrogens (tertiary/aromatic N) is 2. The van der Waals surface area contributed by atoms with Gasteiger partial charge in [-0.3, -0.25) is 9.80 Å². The molecule has 0 radical (unpaired) electrons. The van der Waals surface area contributed by atoms with Crippen LogP contribution in [0.2, 0.25) is 0 Å². The zero-order chi connectivity index (χ0) is 18.1. The minimum Gasteiger partial charge on any atom is -0.497 e. The highest BCUT2D eigenvalue weighted by Gasteiger charge is 2.46. The number of ether oxygens (including phenoxy) is 1. The van der Waals surface area contributed by atoms with Crippen molar-refractivity contribution in [3.8, 4) is 5.75 Å². The van der Waals surface area contributed by atoms with Crippen LogP contribution in [-0.2, 0) is 13.0 Å². The number of likely N-dealkylation sites (tertiary alicyclic amines) is 2. The van der Waals surface area contributed by atoms with Gasteiger partial charge in [0.05, 0.1) is 13.7 Å². The van der Waals surface area contributed by atoms with Crippen molar-refractivity contribution in [1.29, 1.82) is 0 Å². The number of benzene rings is 1. The van der Waals surface area contributed by atoms with Gasteiger partial charge in [0.15, 0.2) is 0 Å². The Morgan fingerprint density at radius 2 is 1.81 bits per heavy atom. The smallest absolute Gasteiger partial charge is 0.118 e. The molecule has 3 atom stereocenters. The topological polar surface area (TPSA) is 28.9 Å². The number of furan rings is 1. The largest absolute Gasteiger partial charge is 0.497 e. The molecule has 3 heterocycles. The first kappa shape index (κ1) is 17.6. The fraction of sp³-hybridized carbons (Fsp3) is 0.545. The van der Waals surface area contributed by atoms with E-state index in [0.29, 0.717) is 12.0 Å². The summed E-state index contributed by atoms with van der Waals surface area (Å²) in [4.78, 5) is 5.11. The average molecular weight is 354 g/mol. The summed E-state index contributed by atoms with van der Waals surface area (Å²) < 4.78 is 11.3.